The molecule has 2 aromatic rings. The van der Waals surface area contributed by atoms with Gasteiger partial charge in [-0.1, -0.05) is 36.0 Å². The van der Waals surface area contributed by atoms with Crippen LogP contribution in [-0.4, -0.2) is 11.5 Å². The van der Waals surface area contributed by atoms with Crippen LogP contribution in [0.3, 0.4) is 0 Å². The molecule has 0 bridgehead atoms. The Morgan fingerprint density at radius 1 is 1.22 bits per heavy atom. The van der Waals surface area contributed by atoms with Crippen molar-refractivity contribution in [2.75, 3.05) is 6.54 Å². The van der Waals surface area contributed by atoms with Gasteiger partial charge in [-0.25, -0.2) is 4.98 Å². The molecule has 3 rings (SSSR count). The van der Waals surface area contributed by atoms with E-state index in [1.165, 1.54) is 19.3 Å². The molecule has 5 heteroatoms. The Hall–Kier alpha value is -0.770. The molecule has 0 saturated carbocycles. The molecular formula is C13H14Cl2N2O. The third-order valence-corrected chi connectivity index (χ3v) is 3.78. The highest BCUT2D eigenvalue weighted by Gasteiger charge is 2.20. The van der Waals surface area contributed by atoms with Crippen molar-refractivity contribution in [1.82, 2.24) is 10.3 Å². The molecule has 2 heterocycles. The normalized spacial score (nSPS) is 21.1. The summed E-state index contributed by atoms with van der Waals surface area (Å²) in [7, 11) is 0. The van der Waals surface area contributed by atoms with E-state index in [-0.39, 0.29) is 6.04 Å². The summed E-state index contributed by atoms with van der Waals surface area (Å²) in [6.07, 6.45) is 4.72. The first-order valence-corrected chi connectivity index (χ1v) is 6.98. The number of nitrogens with one attached hydrogen (secondary N) is 1. The molecule has 1 aromatic heterocycles. The van der Waals surface area contributed by atoms with Gasteiger partial charge in [0.2, 0.25) is 5.89 Å². The molecular weight excluding hydrogens is 271 g/mol. The van der Waals surface area contributed by atoms with Crippen LogP contribution >= 0.6 is 23.2 Å². The summed E-state index contributed by atoms with van der Waals surface area (Å²) in [6.45, 7) is 1.01. The zero-order chi connectivity index (χ0) is 12.5. The van der Waals surface area contributed by atoms with Gasteiger partial charge in [0.05, 0.1) is 11.1 Å². The standard InChI is InChI=1S/C13H14Cl2N2O/c14-8-6-9(15)12-11(7-8)17-13(18-12)10-4-2-1-3-5-16-10/h6-7,10,16H,1-5H2. The van der Waals surface area contributed by atoms with E-state index in [4.69, 9.17) is 27.6 Å². The van der Waals surface area contributed by atoms with E-state index in [9.17, 15) is 0 Å². The van der Waals surface area contributed by atoms with Gasteiger partial charge >= 0.3 is 0 Å². The highest BCUT2D eigenvalue weighted by molar-refractivity contribution is 6.37. The predicted molar refractivity (Wildman–Crippen MR) is 73.2 cm³/mol. The monoisotopic (exact) mass is 284 g/mol. The lowest BCUT2D eigenvalue weighted by Gasteiger charge is -2.10. The van der Waals surface area contributed by atoms with Gasteiger partial charge in [0.15, 0.2) is 5.58 Å². The minimum absolute atomic E-state index is 0.190. The molecule has 1 fully saturated rings. The Morgan fingerprint density at radius 2 is 2.11 bits per heavy atom. The van der Waals surface area contributed by atoms with Crippen molar-refractivity contribution in [3.05, 3.63) is 28.1 Å². The molecule has 0 amide bonds. The van der Waals surface area contributed by atoms with Crippen molar-refractivity contribution in [3.8, 4) is 0 Å². The smallest absolute Gasteiger partial charge is 0.212 e. The van der Waals surface area contributed by atoms with Crippen LogP contribution in [-0.2, 0) is 0 Å². The molecule has 0 radical (unpaired) electrons. The lowest BCUT2D eigenvalue weighted by Crippen LogP contribution is -2.20. The summed E-state index contributed by atoms with van der Waals surface area (Å²) in [5.41, 5.74) is 1.36. The van der Waals surface area contributed by atoms with Crippen molar-refractivity contribution < 1.29 is 4.42 Å². The van der Waals surface area contributed by atoms with Gasteiger partial charge in [-0.2, -0.15) is 0 Å². The average Bonchev–Trinajstić information content (AvgIpc) is 2.59. The first kappa shape index (κ1) is 12.3. The van der Waals surface area contributed by atoms with Gasteiger partial charge in [-0.3, -0.25) is 0 Å². The number of fused-ring (bicyclic) bond motifs is 1. The molecule has 1 aliphatic rings. The summed E-state index contributed by atoms with van der Waals surface area (Å²) < 4.78 is 5.78. The zero-order valence-corrected chi connectivity index (χ0v) is 11.4. The van der Waals surface area contributed by atoms with Crippen LogP contribution in [0.5, 0.6) is 0 Å². The van der Waals surface area contributed by atoms with Gasteiger partial charge in [-0.15, -0.1) is 0 Å². The van der Waals surface area contributed by atoms with Crippen LogP contribution in [0, 0.1) is 0 Å². The summed E-state index contributed by atoms with van der Waals surface area (Å²) in [6, 6.07) is 3.66. The second-order valence-electron chi connectivity index (χ2n) is 4.64. The first-order chi connectivity index (χ1) is 8.74. The number of rotatable bonds is 1. The molecule has 1 saturated heterocycles. The zero-order valence-electron chi connectivity index (χ0n) is 9.88. The number of hydrogen-bond donors (Lipinski definition) is 1. The molecule has 1 atom stereocenters. The third kappa shape index (κ3) is 2.35. The molecule has 3 nitrogen and oxygen atoms in total. The van der Waals surface area contributed by atoms with Crippen LogP contribution in [0.25, 0.3) is 11.1 Å². The molecule has 1 aliphatic heterocycles. The molecule has 1 unspecified atom stereocenters. The maximum atomic E-state index is 6.11. The lowest BCUT2D eigenvalue weighted by atomic mass is 10.1. The summed E-state index contributed by atoms with van der Waals surface area (Å²) in [5, 5.41) is 4.56. The van der Waals surface area contributed by atoms with E-state index in [0.29, 0.717) is 15.6 Å². The Bertz CT molecular complexity index is 559. The van der Waals surface area contributed by atoms with E-state index >= 15 is 0 Å². The quantitative estimate of drug-likeness (QED) is 0.847. The van der Waals surface area contributed by atoms with Crippen LogP contribution in [0.1, 0.15) is 37.6 Å². The fourth-order valence-corrected chi connectivity index (χ4v) is 2.89. The fourth-order valence-electron chi connectivity index (χ4n) is 2.37. The summed E-state index contributed by atoms with van der Waals surface area (Å²) in [5.74, 6) is 0.719. The second-order valence-corrected chi connectivity index (χ2v) is 5.49. The van der Waals surface area contributed by atoms with Crippen molar-refractivity contribution in [3.63, 3.8) is 0 Å². The summed E-state index contributed by atoms with van der Waals surface area (Å²) in [4.78, 5) is 4.50. The van der Waals surface area contributed by atoms with E-state index in [2.05, 4.69) is 10.3 Å². The fraction of sp³-hybridized carbons (Fsp3) is 0.462. The highest BCUT2D eigenvalue weighted by Crippen LogP contribution is 2.31. The summed E-state index contributed by atoms with van der Waals surface area (Å²) >= 11 is 12.1. The topological polar surface area (TPSA) is 38.1 Å². The average molecular weight is 285 g/mol. The molecule has 0 spiro atoms. The van der Waals surface area contributed by atoms with E-state index in [1.807, 2.05) is 0 Å². The van der Waals surface area contributed by atoms with Gasteiger partial charge < -0.3 is 9.73 Å². The van der Waals surface area contributed by atoms with Gasteiger partial charge in [0.1, 0.15) is 5.52 Å². The minimum atomic E-state index is 0.190. The maximum absolute atomic E-state index is 6.11. The number of benzene rings is 1. The minimum Gasteiger partial charge on any atom is -0.437 e. The number of aromatic nitrogens is 1. The van der Waals surface area contributed by atoms with Crippen molar-refractivity contribution in [1.29, 1.82) is 0 Å². The SMILES string of the molecule is Clc1cc(Cl)c2oc(C3CCCCCN3)nc2c1. The van der Waals surface area contributed by atoms with Crippen LogP contribution in [0.2, 0.25) is 10.0 Å². The van der Waals surface area contributed by atoms with Crippen molar-refractivity contribution in [2.45, 2.75) is 31.7 Å². The third-order valence-electron chi connectivity index (χ3n) is 3.28. The lowest BCUT2D eigenvalue weighted by molar-refractivity contribution is 0.410. The highest BCUT2D eigenvalue weighted by atomic mass is 35.5. The largest absolute Gasteiger partial charge is 0.437 e. The van der Waals surface area contributed by atoms with E-state index in [1.54, 1.807) is 12.1 Å². The number of halogens is 2. The Balaban J connectivity index is 1.99. The number of oxazole rings is 1. The van der Waals surface area contributed by atoms with Gasteiger partial charge in [-0.05, 0) is 31.5 Å². The molecule has 96 valence electrons. The maximum Gasteiger partial charge on any atom is 0.212 e. The predicted octanol–water partition coefficient (Wildman–Crippen LogP) is 4.34. The second kappa shape index (κ2) is 5.08. The molecule has 1 aromatic carbocycles. The Labute approximate surface area is 115 Å². The van der Waals surface area contributed by atoms with Crippen molar-refractivity contribution >= 4 is 34.3 Å². The van der Waals surface area contributed by atoms with Crippen molar-refractivity contribution in [2.24, 2.45) is 0 Å². The number of nitrogens with zero attached hydrogens (tertiary/aromatic N) is 1. The number of hydrogen-bond acceptors (Lipinski definition) is 3. The Morgan fingerprint density at radius 3 is 3.00 bits per heavy atom. The molecule has 18 heavy (non-hydrogen) atoms. The molecule has 1 N–H and O–H groups in total. The van der Waals surface area contributed by atoms with Crippen LogP contribution < -0.4 is 5.32 Å². The van der Waals surface area contributed by atoms with E-state index < -0.39 is 0 Å². The van der Waals surface area contributed by atoms with Crippen LogP contribution in [0.4, 0.5) is 0 Å². The van der Waals surface area contributed by atoms with Crippen LogP contribution in [0.15, 0.2) is 16.5 Å². The molecule has 0 aliphatic carbocycles. The van der Waals surface area contributed by atoms with E-state index in [0.717, 1.165) is 24.4 Å². The van der Waals surface area contributed by atoms with Gasteiger partial charge in [0.25, 0.3) is 0 Å². The van der Waals surface area contributed by atoms with Gasteiger partial charge in [0, 0.05) is 5.02 Å². The first-order valence-electron chi connectivity index (χ1n) is 6.23. The Kier molecular flexibility index (Phi) is 3.46.